The maximum Gasteiger partial charge on any atom is 0.308 e. The third kappa shape index (κ3) is 4.21. The number of hydrogen-bond acceptors (Lipinski definition) is 6. The Morgan fingerprint density at radius 1 is 1.09 bits per heavy atom. The molecule has 4 aromatic rings. The Kier molecular flexibility index (Phi) is 5.46. The number of thiazole rings is 1. The van der Waals surface area contributed by atoms with Crippen molar-refractivity contribution in [2.45, 2.75) is 47.0 Å². The van der Waals surface area contributed by atoms with Gasteiger partial charge in [0.05, 0.1) is 4.53 Å². The normalized spacial score (nSPS) is 12.5. The summed E-state index contributed by atoms with van der Waals surface area (Å²) in [5.41, 5.74) is 4.50. The Morgan fingerprint density at radius 3 is 2.25 bits per heavy atom. The standard InChI is InChI=1S/C25H25N3O3S/c1-14-11-17(12-15(2)21(14)31-16(3)29)13-20-23(30)28-24(32-20)26-22(27-28)18-7-9-19(10-8-18)25(4,5)6/h7-13H,1-6H3. The van der Waals surface area contributed by atoms with E-state index in [1.807, 2.05) is 44.2 Å². The first-order chi connectivity index (χ1) is 15.0. The summed E-state index contributed by atoms with van der Waals surface area (Å²) in [6.45, 7) is 11.6. The molecule has 0 amide bonds. The number of rotatable bonds is 3. The molecule has 32 heavy (non-hydrogen) atoms. The van der Waals surface area contributed by atoms with Crippen LogP contribution in [0.4, 0.5) is 0 Å². The molecule has 0 saturated heterocycles. The monoisotopic (exact) mass is 447 g/mol. The molecule has 0 aliphatic carbocycles. The summed E-state index contributed by atoms with van der Waals surface area (Å²) in [6.07, 6.45) is 1.82. The van der Waals surface area contributed by atoms with Crippen LogP contribution in [-0.4, -0.2) is 20.6 Å². The summed E-state index contributed by atoms with van der Waals surface area (Å²) in [5, 5.41) is 4.44. The minimum absolute atomic E-state index is 0.0700. The van der Waals surface area contributed by atoms with Gasteiger partial charge in [0.15, 0.2) is 5.82 Å². The summed E-state index contributed by atoms with van der Waals surface area (Å²) in [6, 6.07) is 11.9. The van der Waals surface area contributed by atoms with Crippen LogP contribution in [0.2, 0.25) is 0 Å². The topological polar surface area (TPSA) is 73.6 Å². The zero-order valence-electron chi connectivity index (χ0n) is 19.0. The number of benzene rings is 2. The molecule has 0 N–H and O–H groups in total. The van der Waals surface area contributed by atoms with Gasteiger partial charge in [0.2, 0.25) is 4.96 Å². The van der Waals surface area contributed by atoms with Gasteiger partial charge in [-0.2, -0.15) is 9.50 Å². The van der Waals surface area contributed by atoms with E-state index in [-0.39, 0.29) is 16.9 Å². The van der Waals surface area contributed by atoms with Crippen LogP contribution in [0.5, 0.6) is 5.75 Å². The second-order valence-electron chi connectivity index (χ2n) is 8.95. The summed E-state index contributed by atoms with van der Waals surface area (Å²) < 4.78 is 7.19. The van der Waals surface area contributed by atoms with Crippen molar-refractivity contribution in [2.75, 3.05) is 0 Å². The van der Waals surface area contributed by atoms with Gasteiger partial charge in [0, 0.05) is 12.5 Å². The first-order valence-corrected chi connectivity index (χ1v) is 11.2. The van der Waals surface area contributed by atoms with Gasteiger partial charge in [-0.15, -0.1) is 5.10 Å². The Bertz CT molecular complexity index is 1420. The van der Waals surface area contributed by atoms with Gasteiger partial charge in [-0.1, -0.05) is 56.4 Å². The molecule has 0 spiro atoms. The Hall–Kier alpha value is -3.32. The minimum Gasteiger partial charge on any atom is -0.426 e. The van der Waals surface area contributed by atoms with Gasteiger partial charge in [-0.25, -0.2) is 0 Å². The van der Waals surface area contributed by atoms with Crippen LogP contribution in [0.3, 0.4) is 0 Å². The number of aromatic nitrogens is 3. The van der Waals surface area contributed by atoms with E-state index in [0.29, 0.717) is 21.1 Å². The highest BCUT2D eigenvalue weighted by atomic mass is 32.1. The molecule has 0 fully saturated rings. The average Bonchev–Trinajstić information content (AvgIpc) is 3.24. The number of hydrogen-bond donors (Lipinski definition) is 0. The van der Waals surface area contributed by atoms with Gasteiger partial charge < -0.3 is 4.74 Å². The molecule has 2 aromatic carbocycles. The highest BCUT2D eigenvalue weighted by Gasteiger charge is 2.16. The van der Waals surface area contributed by atoms with Crippen molar-refractivity contribution in [3.63, 3.8) is 0 Å². The van der Waals surface area contributed by atoms with Crippen LogP contribution >= 0.6 is 11.3 Å². The minimum atomic E-state index is -0.357. The summed E-state index contributed by atoms with van der Waals surface area (Å²) in [7, 11) is 0. The van der Waals surface area contributed by atoms with Crippen molar-refractivity contribution in [3.8, 4) is 17.1 Å². The van der Waals surface area contributed by atoms with Gasteiger partial charge in [-0.3, -0.25) is 9.59 Å². The molecule has 0 atom stereocenters. The first kappa shape index (κ1) is 21.9. The number of esters is 1. The van der Waals surface area contributed by atoms with Crippen molar-refractivity contribution in [3.05, 3.63) is 73.5 Å². The zero-order valence-corrected chi connectivity index (χ0v) is 19.8. The number of ether oxygens (including phenoxy) is 1. The van der Waals surface area contributed by atoms with Gasteiger partial charge in [0.1, 0.15) is 5.75 Å². The molecule has 0 unspecified atom stereocenters. The van der Waals surface area contributed by atoms with Crippen LogP contribution in [0.25, 0.3) is 22.4 Å². The molecule has 0 bridgehead atoms. The lowest BCUT2D eigenvalue weighted by Crippen LogP contribution is -2.23. The first-order valence-electron chi connectivity index (χ1n) is 10.3. The van der Waals surface area contributed by atoms with E-state index in [4.69, 9.17) is 4.74 Å². The van der Waals surface area contributed by atoms with Crippen molar-refractivity contribution in [1.29, 1.82) is 0 Å². The third-order valence-corrected chi connectivity index (χ3v) is 6.18. The van der Waals surface area contributed by atoms with Crippen LogP contribution in [-0.2, 0) is 10.2 Å². The summed E-state index contributed by atoms with van der Waals surface area (Å²) in [5.74, 6) is 0.740. The lowest BCUT2D eigenvalue weighted by atomic mass is 9.87. The van der Waals surface area contributed by atoms with E-state index in [1.54, 1.807) is 0 Å². The fraction of sp³-hybridized carbons (Fsp3) is 0.280. The highest BCUT2D eigenvalue weighted by Crippen LogP contribution is 2.26. The predicted octanol–water partition coefficient (Wildman–Crippen LogP) is 4.21. The molecule has 164 valence electrons. The van der Waals surface area contributed by atoms with Crippen LogP contribution < -0.4 is 14.8 Å². The van der Waals surface area contributed by atoms with E-state index < -0.39 is 0 Å². The molecular formula is C25H25N3O3S. The molecule has 0 saturated carbocycles. The van der Waals surface area contributed by atoms with Crippen LogP contribution in [0.1, 0.15) is 49.9 Å². The van der Waals surface area contributed by atoms with E-state index in [1.165, 1.54) is 28.3 Å². The zero-order chi connectivity index (χ0) is 23.2. The number of fused-ring (bicyclic) bond motifs is 1. The fourth-order valence-electron chi connectivity index (χ4n) is 3.60. The predicted molar refractivity (Wildman–Crippen MR) is 127 cm³/mol. The van der Waals surface area contributed by atoms with Gasteiger partial charge >= 0.3 is 5.97 Å². The number of aryl methyl sites for hydroxylation is 2. The Balaban J connectivity index is 1.70. The van der Waals surface area contributed by atoms with Crippen LogP contribution in [0, 0.1) is 13.8 Å². The number of carbonyl (C=O) groups excluding carboxylic acids is 1. The highest BCUT2D eigenvalue weighted by molar-refractivity contribution is 7.15. The summed E-state index contributed by atoms with van der Waals surface area (Å²) >= 11 is 1.30. The smallest absolute Gasteiger partial charge is 0.308 e. The van der Waals surface area contributed by atoms with E-state index >= 15 is 0 Å². The second kappa shape index (κ2) is 7.98. The van der Waals surface area contributed by atoms with Crippen molar-refractivity contribution >= 4 is 28.3 Å². The van der Waals surface area contributed by atoms with Crippen molar-refractivity contribution in [1.82, 2.24) is 14.6 Å². The molecule has 4 rings (SSSR count). The lowest BCUT2D eigenvalue weighted by Gasteiger charge is -2.18. The second-order valence-corrected chi connectivity index (χ2v) is 9.96. The Morgan fingerprint density at radius 2 is 1.72 bits per heavy atom. The molecule has 2 heterocycles. The maximum atomic E-state index is 12.9. The molecule has 7 heteroatoms. The molecule has 6 nitrogen and oxygen atoms in total. The number of carbonyl (C=O) groups is 1. The third-order valence-electron chi connectivity index (χ3n) is 5.22. The maximum absolute atomic E-state index is 12.9. The quantitative estimate of drug-likeness (QED) is 0.348. The van der Waals surface area contributed by atoms with E-state index in [2.05, 4.69) is 43.0 Å². The molecular weight excluding hydrogens is 422 g/mol. The van der Waals surface area contributed by atoms with Crippen molar-refractivity contribution < 1.29 is 9.53 Å². The Labute approximate surface area is 190 Å². The van der Waals surface area contributed by atoms with Gasteiger partial charge in [0.25, 0.3) is 5.56 Å². The van der Waals surface area contributed by atoms with Gasteiger partial charge in [-0.05, 0) is 59.7 Å². The molecule has 0 aliphatic rings. The lowest BCUT2D eigenvalue weighted by molar-refractivity contribution is -0.131. The van der Waals surface area contributed by atoms with E-state index in [9.17, 15) is 9.59 Å². The fourth-order valence-corrected chi connectivity index (χ4v) is 4.51. The number of nitrogens with zero attached hydrogens (tertiary/aromatic N) is 3. The van der Waals surface area contributed by atoms with E-state index in [0.717, 1.165) is 22.3 Å². The SMILES string of the molecule is CC(=O)Oc1c(C)cc(C=c2sc3nc(-c4ccc(C(C)(C)C)cc4)nn3c2=O)cc1C. The molecule has 0 aliphatic heterocycles. The average molecular weight is 448 g/mol. The largest absolute Gasteiger partial charge is 0.426 e. The molecule has 0 radical (unpaired) electrons. The van der Waals surface area contributed by atoms with Crippen molar-refractivity contribution in [2.24, 2.45) is 0 Å². The molecule has 2 aromatic heterocycles. The van der Waals surface area contributed by atoms with Crippen LogP contribution in [0.15, 0.2) is 41.2 Å². The summed E-state index contributed by atoms with van der Waals surface area (Å²) in [4.78, 5) is 29.4.